The van der Waals surface area contributed by atoms with Gasteiger partial charge in [-0.2, -0.15) is 12.7 Å². The molecule has 2 fully saturated rings. The molecule has 100 valence electrons. The first-order chi connectivity index (χ1) is 8.08. The van der Waals surface area contributed by atoms with Crippen LogP contribution in [0.3, 0.4) is 0 Å². The molecule has 0 aromatic carbocycles. The van der Waals surface area contributed by atoms with Crippen LogP contribution in [0.5, 0.6) is 0 Å². The number of alkyl halides is 1. The maximum atomic E-state index is 12.0. The Labute approximate surface area is 112 Å². The van der Waals surface area contributed by atoms with Crippen molar-refractivity contribution in [2.45, 2.75) is 43.4 Å². The minimum Gasteiger partial charge on any atom is -0.202 e. The summed E-state index contributed by atoms with van der Waals surface area (Å²) in [5.74, 6) is 0.499. The second-order valence-corrected chi connectivity index (χ2v) is 8.14. The SMILES string of the molecule is O=S(=O)(NCC1CCC(Br)C1)N1CCCCC1. The lowest BCUT2D eigenvalue weighted by Crippen LogP contribution is -2.44. The summed E-state index contributed by atoms with van der Waals surface area (Å²) in [4.78, 5) is 0.576. The Bertz CT molecular complexity index is 341. The molecule has 1 N–H and O–H groups in total. The molecule has 1 aliphatic heterocycles. The number of nitrogens with zero attached hydrogens (tertiary/aromatic N) is 1. The van der Waals surface area contributed by atoms with E-state index in [2.05, 4.69) is 20.7 Å². The van der Waals surface area contributed by atoms with E-state index in [1.54, 1.807) is 4.31 Å². The smallest absolute Gasteiger partial charge is 0.202 e. The highest BCUT2D eigenvalue weighted by molar-refractivity contribution is 9.09. The molecule has 1 heterocycles. The zero-order valence-electron chi connectivity index (χ0n) is 10.1. The van der Waals surface area contributed by atoms with Gasteiger partial charge in [-0.3, -0.25) is 0 Å². The highest BCUT2D eigenvalue weighted by atomic mass is 79.9. The average molecular weight is 325 g/mol. The van der Waals surface area contributed by atoms with Crippen LogP contribution in [0.25, 0.3) is 0 Å². The third-order valence-corrected chi connectivity index (χ3v) is 6.09. The highest BCUT2D eigenvalue weighted by Crippen LogP contribution is 2.30. The van der Waals surface area contributed by atoms with E-state index in [1.807, 2.05) is 0 Å². The predicted octanol–water partition coefficient (Wildman–Crippen LogP) is 1.87. The molecule has 2 unspecified atom stereocenters. The van der Waals surface area contributed by atoms with Crippen LogP contribution < -0.4 is 4.72 Å². The van der Waals surface area contributed by atoms with E-state index in [0.717, 1.165) is 38.5 Å². The van der Waals surface area contributed by atoms with E-state index in [9.17, 15) is 8.42 Å². The predicted molar refractivity (Wildman–Crippen MR) is 72.4 cm³/mol. The molecule has 2 rings (SSSR count). The van der Waals surface area contributed by atoms with Gasteiger partial charge in [0.25, 0.3) is 10.2 Å². The Morgan fingerprint density at radius 1 is 1.18 bits per heavy atom. The summed E-state index contributed by atoms with van der Waals surface area (Å²) in [6.07, 6.45) is 6.51. The van der Waals surface area contributed by atoms with Crippen molar-refractivity contribution in [2.24, 2.45) is 5.92 Å². The lowest BCUT2D eigenvalue weighted by atomic mass is 10.1. The molecule has 0 aromatic rings. The standard InChI is InChI=1S/C11H21BrN2O2S/c12-11-5-4-10(8-11)9-13-17(15,16)14-6-2-1-3-7-14/h10-11,13H,1-9H2. The van der Waals surface area contributed by atoms with Gasteiger partial charge in [-0.05, 0) is 38.0 Å². The second-order valence-electron chi connectivity index (χ2n) is 5.09. The number of piperidine rings is 1. The molecule has 1 aliphatic carbocycles. The maximum absolute atomic E-state index is 12.0. The first-order valence-corrected chi connectivity index (χ1v) is 8.82. The molecule has 17 heavy (non-hydrogen) atoms. The Hall–Kier alpha value is 0.350. The largest absolute Gasteiger partial charge is 0.279 e. The Balaban J connectivity index is 1.80. The Kier molecular flexibility index (Phi) is 4.86. The van der Waals surface area contributed by atoms with E-state index in [-0.39, 0.29) is 0 Å². The summed E-state index contributed by atoms with van der Waals surface area (Å²) < 4.78 is 28.4. The Morgan fingerprint density at radius 3 is 2.47 bits per heavy atom. The molecule has 0 radical (unpaired) electrons. The van der Waals surface area contributed by atoms with Crippen LogP contribution in [0.1, 0.15) is 38.5 Å². The number of halogens is 1. The van der Waals surface area contributed by atoms with Gasteiger partial charge < -0.3 is 0 Å². The molecule has 2 atom stereocenters. The summed E-state index contributed by atoms with van der Waals surface area (Å²) in [5, 5.41) is 0. The van der Waals surface area contributed by atoms with E-state index in [0.29, 0.717) is 30.4 Å². The minimum absolute atomic E-state index is 0.499. The number of hydrogen-bond donors (Lipinski definition) is 1. The highest BCUT2D eigenvalue weighted by Gasteiger charge is 2.27. The van der Waals surface area contributed by atoms with E-state index < -0.39 is 10.2 Å². The van der Waals surface area contributed by atoms with Crippen molar-refractivity contribution in [3.8, 4) is 0 Å². The van der Waals surface area contributed by atoms with E-state index >= 15 is 0 Å². The van der Waals surface area contributed by atoms with Crippen LogP contribution in [0.2, 0.25) is 0 Å². The quantitative estimate of drug-likeness (QED) is 0.802. The molecule has 0 aromatic heterocycles. The lowest BCUT2D eigenvalue weighted by Gasteiger charge is -2.26. The summed E-state index contributed by atoms with van der Waals surface area (Å²) in [5.41, 5.74) is 0. The third kappa shape index (κ3) is 3.91. The van der Waals surface area contributed by atoms with Gasteiger partial charge in [0, 0.05) is 24.5 Å². The first-order valence-electron chi connectivity index (χ1n) is 6.47. The van der Waals surface area contributed by atoms with Crippen molar-refractivity contribution in [1.29, 1.82) is 0 Å². The normalized spacial score (nSPS) is 31.8. The first kappa shape index (κ1) is 13.8. The lowest BCUT2D eigenvalue weighted by molar-refractivity contribution is 0.339. The summed E-state index contributed by atoms with van der Waals surface area (Å²) >= 11 is 3.59. The van der Waals surface area contributed by atoms with Crippen LogP contribution in [0.15, 0.2) is 0 Å². The van der Waals surface area contributed by atoms with E-state index in [4.69, 9.17) is 0 Å². The van der Waals surface area contributed by atoms with Crippen LogP contribution in [0.4, 0.5) is 0 Å². The van der Waals surface area contributed by atoms with Crippen molar-refractivity contribution < 1.29 is 8.42 Å². The Morgan fingerprint density at radius 2 is 1.88 bits per heavy atom. The number of nitrogens with one attached hydrogen (secondary N) is 1. The molecule has 0 amide bonds. The third-order valence-electron chi connectivity index (χ3n) is 3.69. The van der Waals surface area contributed by atoms with Crippen molar-refractivity contribution in [3.05, 3.63) is 0 Å². The van der Waals surface area contributed by atoms with Gasteiger partial charge in [-0.25, -0.2) is 4.72 Å². The van der Waals surface area contributed by atoms with Gasteiger partial charge in [0.05, 0.1) is 0 Å². The average Bonchev–Trinajstić information content (AvgIpc) is 2.74. The van der Waals surface area contributed by atoms with Gasteiger partial charge in [0.15, 0.2) is 0 Å². The van der Waals surface area contributed by atoms with Gasteiger partial charge in [-0.1, -0.05) is 22.4 Å². The molecule has 0 spiro atoms. The maximum Gasteiger partial charge on any atom is 0.279 e. The number of rotatable bonds is 4. The fraction of sp³-hybridized carbons (Fsp3) is 1.00. The fourth-order valence-electron chi connectivity index (χ4n) is 2.62. The zero-order valence-corrected chi connectivity index (χ0v) is 12.5. The van der Waals surface area contributed by atoms with E-state index in [1.165, 1.54) is 0 Å². The molecule has 1 saturated heterocycles. The monoisotopic (exact) mass is 324 g/mol. The molecule has 0 bridgehead atoms. The summed E-state index contributed by atoms with van der Waals surface area (Å²) in [6.45, 7) is 1.96. The van der Waals surface area contributed by atoms with Crippen LogP contribution >= 0.6 is 15.9 Å². The summed E-state index contributed by atoms with van der Waals surface area (Å²) in [6, 6.07) is 0. The van der Waals surface area contributed by atoms with Gasteiger partial charge in [0.1, 0.15) is 0 Å². The van der Waals surface area contributed by atoms with Crippen molar-refractivity contribution in [2.75, 3.05) is 19.6 Å². The van der Waals surface area contributed by atoms with Crippen molar-refractivity contribution >= 4 is 26.1 Å². The molecule has 1 saturated carbocycles. The topological polar surface area (TPSA) is 49.4 Å². The minimum atomic E-state index is -3.22. The summed E-state index contributed by atoms with van der Waals surface area (Å²) in [7, 11) is -3.22. The van der Waals surface area contributed by atoms with Gasteiger partial charge in [0.2, 0.25) is 0 Å². The molecular weight excluding hydrogens is 304 g/mol. The van der Waals surface area contributed by atoms with Crippen LogP contribution in [-0.4, -0.2) is 37.2 Å². The molecular formula is C11H21BrN2O2S. The number of hydrogen-bond acceptors (Lipinski definition) is 2. The van der Waals surface area contributed by atoms with Crippen molar-refractivity contribution in [3.63, 3.8) is 0 Å². The van der Waals surface area contributed by atoms with Crippen LogP contribution in [0, 0.1) is 5.92 Å². The van der Waals surface area contributed by atoms with Crippen molar-refractivity contribution in [1.82, 2.24) is 9.03 Å². The van der Waals surface area contributed by atoms with Gasteiger partial charge >= 0.3 is 0 Å². The molecule has 6 heteroatoms. The molecule has 2 aliphatic rings. The zero-order chi connectivity index (χ0) is 12.3. The van der Waals surface area contributed by atoms with Gasteiger partial charge in [-0.15, -0.1) is 0 Å². The second kappa shape index (κ2) is 5.99. The fourth-order valence-corrected chi connectivity index (χ4v) is 4.78. The van der Waals surface area contributed by atoms with Crippen LogP contribution in [-0.2, 0) is 10.2 Å². The molecule has 4 nitrogen and oxygen atoms in total.